The van der Waals surface area contributed by atoms with E-state index in [4.69, 9.17) is 15.2 Å². The Hall–Kier alpha value is -4.43. The molecule has 0 saturated carbocycles. The molecule has 4 N–H and O–H groups in total. The molecular weight excluding hydrogens is 482 g/mol. The minimum absolute atomic E-state index is 0.000168. The summed E-state index contributed by atoms with van der Waals surface area (Å²) in [5.74, 6) is 0.308. The highest BCUT2D eigenvalue weighted by Crippen LogP contribution is 2.31. The van der Waals surface area contributed by atoms with E-state index in [1.165, 1.54) is 20.3 Å². The number of ketones is 1. The van der Waals surface area contributed by atoms with Crippen molar-refractivity contribution >= 4 is 28.3 Å². The van der Waals surface area contributed by atoms with E-state index in [1.807, 2.05) is 37.3 Å². The Morgan fingerprint density at radius 2 is 1.68 bits per heavy atom. The molecule has 38 heavy (non-hydrogen) atoms. The number of amides is 1. The Labute approximate surface area is 220 Å². The fraction of sp³-hybridized carbons (Fsp3) is 0.233. The van der Waals surface area contributed by atoms with Gasteiger partial charge in [-0.15, -0.1) is 0 Å². The fourth-order valence-electron chi connectivity index (χ4n) is 4.48. The van der Waals surface area contributed by atoms with Gasteiger partial charge in [-0.3, -0.25) is 14.4 Å². The second-order valence-corrected chi connectivity index (χ2v) is 9.10. The van der Waals surface area contributed by atoms with Crippen LogP contribution in [0.3, 0.4) is 0 Å². The van der Waals surface area contributed by atoms with Gasteiger partial charge in [-0.25, -0.2) is 0 Å². The summed E-state index contributed by atoms with van der Waals surface area (Å²) < 4.78 is 10.6. The molecule has 4 aromatic rings. The molecule has 0 spiro atoms. The molecule has 0 aliphatic carbocycles. The molecule has 1 aromatic heterocycles. The predicted octanol–water partition coefficient (Wildman–Crippen LogP) is 4.81. The van der Waals surface area contributed by atoms with Crippen molar-refractivity contribution in [1.29, 1.82) is 0 Å². The Balaban J connectivity index is 1.58. The van der Waals surface area contributed by atoms with Crippen molar-refractivity contribution in [2.45, 2.75) is 25.7 Å². The monoisotopic (exact) mass is 513 g/mol. The van der Waals surface area contributed by atoms with Crippen LogP contribution in [0.1, 0.15) is 50.6 Å². The maximum atomic E-state index is 13.2. The van der Waals surface area contributed by atoms with Gasteiger partial charge >= 0.3 is 0 Å². The van der Waals surface area contributed by atoms with Crippen LogP contribution >= 0.6 is 0 Å². The number of Topliss-reactive ketones (excluding diaryl/α,β-unsaturated/α-hetero) is 1. The molecule has 0 saturated heterocycles. The molecule has 1 amide bonds. The van der Waals surface area contributed by atoms with Crippen LogP contribution < -0.4 is 26.1 Å². The zero-order chi connectivity index (χ0) is 27.2. The lowest BCUT2D eigenvalue weighted by atomic mass is 9.89. The number of pyridine rings is 1. The zero-order valence-corrected chi connectivity index (χ0v) is 21.7. The zero-order valence-electron chi connectivity index (χ0n) is 21.7. The number of fused-ring (bicyclic) bond motifs is 1. The van der Waals surface area contributed by atoms with Gasteiger partial charge in [-0.05, 0) is 55.1 Å². The maximum Gasteiger partial charge on any atom is 0.261 e. The van der Waals surface area contributed by atoms with Crippen molar-refractivity contribution < 1.29 is 19.1 Å². The lowest BCUT2D eigenvalue weighted by molar-refractivity contribution is 0.0970. The van der Waals surface area contributed by atoms with Crippen molar-refractivity contribution in [2.24, 2.45) is 5.73 Å². The molecule has 4 rings (SSSR count). The number of benzene rings is 3. The van der Waals surface area contributed by atoms with E-state index in [0.29, 0.717) is 53.0 Å². The van der Waals surface area contributed by atoms with Crippen LogP contribution in [0.5, 0.6) is 11.5 Å². The highest BCUT2D eigenvalue weighted by atomic mass is 16.5. The molecule has 8 heteroatoms. The smallest absolute Gasteiger partial charge is 0.261 e. The van der Waals surface area contributed by atoms with Gasteiger partial charge in [0.25, 0.3) is 11.5 Å². The van der Waals surface area contributed by atoms with E-state index in [0.717, 1.165) is 11.1 Å². The molecule has 1 unspecified atom stereocenters. The molecule has 0 fully saturated rings. The minimum atomic E-state index is -0.582. The SMILES string of the molecule is COc1cc2cc(C(=O)Nc3cc(C(=O)CC(CCN)c4ccccc4)ccc3C)c(=O)[nH]c2cc1OC. The standard InChI is InChI=1S/C30H31N3O5/c1-18-9-10-21(26(34)15-20(11-12-31)19-7-5-4-6-8-19)14-24(18)32-29(35)23-13-22-16-27(37-2)28(38-3)17-25(22)33-30(23)36/h4-10,13-14,16-17,20H,11-12,15,31H2,1-3H3,(H,32,35)(H,33,36). The number of H-pyrrole nitrogens is 1. The highest BCUT2D eigenvalue weighted by molar-refractivity contribution is 6.07. The lowest BCUT2D eigenvalue weighted by Crippen LogP contribution is -2.23. The van der Waals surface area contributed by atoms with Gasteiger partial charge in [0, 0.05) is 29.1 Å². The number of hydrogen-bond donors (Lipinski definition) is 3. The Kier molecular flexibility index (Phi) is 8.23. The summed E-state index contributed by atoms with van der Waals surface area (Å²) in [5.41, 5.74) is 8.49. The van der Waals surface area contributed by atoms with Crippen LogP contribution in [0, 0.1) is 6.92 Å². The Morgan fingerprint density at radius 3 is 2.37 bits per heavy atom. The van der Waals surface area contributed by atoms with Crippen LogP contribution in [0.25, 0.3) is 10.9 Å². The number of hydrogen-bond acceptors (Lipinski definition) is 6. The number of nitrogens with one attached hydrogen (secondary N) is 2. The summed E-state index contributed by atoms with van der Waals surface area (Å²) >= 11 is 0. The lowest BCUT2D eigenvalue weighted by Gasteiger charge is -2.16. The molecule has 196 valence electrons. The molecular formula is C30H31N3O5. The second kappa shape index (κ2) is 11.7. The number of rotatable bonds is 10. The van der Waals surface area contributed by atoms with Gasteiger partial charge in [0.2, 0.25) is 0 Å². The fourth-order valence-corrected chi connectivity index (χ4v) is 4.48. The molecule has 0 bridgehead atoms. The number of carbonyl (C=O) groups is 2. The molecule has 0 aliphatic rings. The van der Waals surface area contributed by atoms with Crippen molar-refractivity contribution in [2.75, 3.05) is 26.1 Å². The van der Waals surface area contributed by atoms with E-state index in [2.05, 4.69) is 10.3 Å². The third-order valence-corrected chi connectivity index (χ3v) is 6.62. The number of nitrogens with two attached hydrogens (primary N) is 1. The molecule has 3 aromatic carbocycles. The van der Waals surface area contributed by atoms with Crippen LogP contribution in [0.4, 0.5) is 5.69 Å². The highest BCUT2D eigenvalue weighted by Gasteiger charge is 2.19. The van der Waals surface area contributed by atoms with Crippen LogP contribution in [0.2, 0.25) is 0 Å². The van der Waals surface area contributed by atoms with Crippen LogP contribution in [0.15, 0.2) is 71.5 Å². The average molecular weight is 514 g/mol. The first-order valence-electron chi connectivity index (χ1n) is 12.3. The summed E-state index contributed by atoms with van der Waals surface area (Å²) in [6.45, 7) is 2.30. The third-order valence-electron chi connectivity index (χ3n) is 6.62. The second-order valence-electron chi connectivity index (χ2n) is 9.10. The van der Waals surface area contributed by atoms with Gasteiger partial charge in [0.15, 0.2) is 17.3 Å². The maximum absolute atomic E-state index is 13.2. The molecule has 1 atom stereocenters. The number of ether oxygens (including phenoxy) is 2. The van der Waals surface area contributed by atoms with Gasteiger partial charge < -0.3 is 25.5 Å². The Morgan fingerprint density at radius 1 is 0.974 bits per heavy atom. The first-order valence-corrected chi connectivity index (χ1v) is 12.3. The largest absolute Gasteiger partial charge is 0.493 e. The topological polar surface area (TPSA) is 124 Å². The van der Waals surface area contributed by atoms with Gasteiger partial charge in [0.05, 0.1) is 19.7 Å². The van der Waals surface area contributed by atoms with Crippen LogP contribution in [-0.2, 0) is 0 Å². The Bertz CT molecular complexity index is 1530. The quantitative estimate of drug-likeness (QED) is 0.262. The van der Waals surface area contributed by atoms with Crippen molar-refractivity contribution in [1.82, 2.24) is 4.98 Å². The van der Waals surface area contributed by atoms with Gasteiger partial charge in [-0.1, -0.05) is 42.5 Å². The summed E-state index contributed by atoms with van der Waals surface area (Å²) in [6.07, 6.45) is 0.986. The van der Waals surface area contributed by atoms with E-state index < -0.39 is 11.5 Å². The third kappa shape index (κ3) is 5.76. The number of methoxy groups -OCH3 is 2. The molecule has 0 radical (unpaired) electrons. The molecule has 1 heterocycles. The van der Waals surface area contributed by atoms with Crippen molar-refractivity contribution in [3.8, 4) is 11.5 Å². The summed E-state index contributed by atoms with van der Waals surface area (Å²) in [6, 6.07) is 19.9. The summed E-state index contributed by atoms with van der Waals surface area (Å²) in [5, 5.41) is 3.41. The molecule has 8 nitrogen and oxygen atoms in total. The minimum Gasteiger partial charge on any atom is -0.493 e. The first-order chi connectivity index (χ1) is 18.3. The van der Waals surface area contributed by atoms with E-state index >= 15 is 0 Å². The molecule has 0 aliphatic heterocycles. The van der Waals surface area contributed by atoms with Crippen LogP contribution in [-0.4, -0.2) is 37.4 Å². The number of aromatic amines is 1. The first kappa shape index (κ1) is 26.6. The number of carbonyl (C=O) groups excluding carboxylic acids is 2. The van der Waals surface area contributed by atoms with E-state index in [9.17, 15) is 14.4 Å². The average Bonchev–Trinajstić information content (AvgIpc) is 2.93. The van der Waals surface area contributed by atoms with E-state index in [1.54, 1.807) is 30.3 Å². The van der Waals surface area contributed by atoms with Crippen molar-refractivity contribution in [3.05, 3.63) is 99.3 Å². The summed E-state index contributed by atoms with van der Waals surface area (Å²) in [7, 11) is 3.02. The number of aryl methyl sites for hydroxylation is 1. The van der Waals surface area contributed by atoms with Gasteiger partial charge in [0.1, 0.15) is 5.56 Å². The van der Waals surface area contributed by atoms with Gasteiger partial charge in [-0.2, -0.15) is 0 Å². The van der Waals surface area contributed by atoms with E-state index in [-0.39, 0.29) is 17.3 Å². The normalized spacial score (nSPS) is 11.7. The summed E-state index contributed by atoms with van der Waals surface area (Å²) in [4.78, 5) is 41.8. The number of anilines is 1. The number of aromatic nitrogens is 1. The van der Waals surface area contributed by atoms with Crippen molar-refractivity contribution in [3.63, 3.8) is 0 Å². The predicted molar refractivity (Wildman–Crippen MR) is 149 cm³/mol.